The van der Waals surface area contributed by atoms with E-state index in [-0.39, 0.29) is 115 Å². The number of allylic oxidation sites excluding steroid dienone is 16. The number of carbonyl (C=O) groups is 2. The Bertz CT molecular complexity index is 3390. The molecule has 5 aliphatic rings. The third-order valence-corrected chi connectivity index (χ3v) is 29.3. The number of carbonyl (C=O) groups excluding carboxylic acids is 2. The third-order valence-electron chi connectivity index (χ3n) is 25.2. The number of phosphoric ester groups is 2. The number of nitriles is 1. The van der Waals surface area contributed by atoms with Gasteiger partial charge in [0.05, 0.1) is 83.0 Å². The molecule has 786 valence electrons. The lowest BCUT2D eigenvalue weighted by Gasteiger charge is -2.35. The van der Waals surface area contributed by atoms with Gasteiger partial charge in [-0.3, -0.25) is 32.6 Å². The summed E-state index contributed by atoms with van der Waals surface area (Å²) in [5.41, 5.74) is 11.8. The van der Waals surface area contributed by atoms with E-state index in [1.54, 1.807) is 24.3 Å². The molecule has 5 aliphatic heterocycles. The van der Waals surface area contributed by atoms with Gasteiger partial charge in [-0.2, -0.15) is 5.26 Å². The first-order valence-corrected chi connectivity index (χ1v) is 58.0. The third kappa shape index (κ3) is 55.7. The summed E-state index contributed by atoms with van der Waals surface area (Å²) >= 11 is 0. The fourth-order valence-electron chi connectivity index (χ4n) is 17.7. The number of aliphatic hydroxyl groups is 2. The Labute approximate surface area is 831 Å². The van der Waals surface area contributed by atoms with Crippen molar-refractivity contribution < 1.29 is 94.3 Å². The molecule has 0 saturated carbocycles. The summed E-state index contributed by atoms with van der Waals surface area (Å²) in [5, 5.41) is 28.5. The quantitative estimate of drug-likeness (QED) is 0.0153. The molecule has 0 aromatic heterocycles. The van der Waals surface area contributed by atoms with Gasteiger partial charge in [0, 0.05) is 50.9 Å². The molecule has 2 amide bonds. The van der Waals surface area contributed by atoms with Crippen LogP contribution >= 0.6 is 24.2 Å². The molecule has 137 heavy (non-hydrogen) atoms. The zero-order valence-electron chi connectivity index (χ0n) is 86.2. The number of phosphoric acid groups is 2. The fraction of sp³-hybridized carbons (Fsp3) is 0.771. The van der Waals surface area contributed by atoms with Crippen LogP contribution in [-0.2, 0) is 64.7 Å². The summed E-state index contributed by atoms with van der Waals surface area (Å²) in [5.74, 6) is -2.10. The Morgan fingerprint density at radius 1 is 0.409 bits per heavy atom. The van der Waals surface area contributed by atoms with E-state index in [9.17, 15) is 38.7 Å². The first-order valence-electron chi connectivity index (χ1n) is 53.9. The lowest BCUT2D eigenvalue weighted by Crippen LogP contribution is -2.37. The normalized spacial score (nSPS) is 20.8. The molecule has 4 fully saturated rings. The average molecular weight is 1980 g/mol. The van der Waals surface area contributed by atoms with Gasteiger partial charge in [0.2, 0.25) is 0 Å². The van der Waals surface area contributed by atoms with Crippen molar-refractivity contribution in [3.8, 4) is 6.07 Å². The predicted octanol–water partition coefficient (Wildman–Crippen LogP) is 27.0. The van der Waals surface area contributed by atoms with Crippen LogP contribution in [0.4, 0.5) is 0 Å². The molecule has 0 aliphatic carbocycles. The monoisotopic (exact) mass is 1980 g/mol. The highest BCUT2D eigenvalue weighted by atomic mass is 31.2. The van der Waals surface area contributed by atoms with E-state index in [4.69, 9.17) is 72.3 Å². The van der Waals surface area contributed by atoms with E-state index in [0.29, 0.717) is 24.0 Å². The number of rotatable bonds is 84. The van der Waals surface area contributed by atoms with Crippen molar-refractivity contribution in [2.45, 2.75) is 468 Å². The van der Waals surface area contributed by atoms with Crippen LogP contribution in [0.5, 0.6) is 0 Å². The molecule has 0 bridgehead atoms. The second-order valence-corrected chi connectivity index (χ2v) is 42.1. The number of hydrogen-bond donors (Lipinski definition) is 6. The zero-order valence-corrected chi connectivity index (χ0v) is 88.9. The smallest absolute Gasteiger partial charge is 0.394 e. The molecule has 8 N–H and O–H groups in total. The van der Waals surface area contributed by atoms with Gasteiger partial charge in [-0.05, 0) is 194 Å². The minimum atomic E-state index is -4.42. The molecular weight excluding hydrogens is 1790 g/mol. The van der Waals surface area contributed by atoms with E-state index in [0.717, 1.165) is 103 Å². The van der Waals surface area contributed by atoms with Crippen molar-refractivity contribution in [2.24, 2.45) is 11.5 Å². The fourth-order valence-corrected chi connectivity index (χ4v) is 20.8. The van der Waals surface area contributed by atoms with Gasteiger partial charge in [-0.15, -0.1) is 0 Å². The number of nitrogens with zero attached hydrogens (tertiary/aromatic N) is 3. The predicted molar refractivity (Wildman–Crippen MR) is 557 cm³/mol. The maximum atomic E-state index is 12.5. The molecule has 1 aromatic rings. The van der Waals surface area contributed by atoms with E-state index >= 15 is 0 Å². The van der Waals surface area contributed by atoms with E-state index in [1.807, 2.05) is 0 Å². The lowest BCUT2D eigenvalue weighted by molar-refractivity contribution is -0.222. The van der Waals surface area contributed by atoms with Crippen LogP contribution in [0, 0.1) is 11.3 Å². The molecule has 4 saturated heterocycles. The van der Waals surface area contributed by atoms with Gasteiger partial charge in [-0.1, -0.05) is 291 Å². The van der Waals surface area contributed by atoms with Crippen molar-refractivity contribution in [3.63, 3.8) is 0 Å². The average Bonchev–Trinajstić information content (AvgIpc) is 1.63. The molecular formula is C109H190N5O20P3. The van der Waals surface area contributed by atoms with Gasteiger partial charge >= 0.3 is 15.6 Å². The number of amides is 2. The Morgan fingerprint density at radius 2 is 0.679 bits per heavy atom. The van der Waals surface area contributed by atoms with Crippen LogP contribution in [-0.4, -0.2) is 186 Å². The Morgan fingerprint density at radius 3 is 0.956 bits per heavy atom. The van der Waals surface area contributed by atoms with Crippen LogP contribution in [0.2, 0.25) is 0 Å². The summed E-state index contributed by atoms with van der Waals surface area (Å²) in [6, 6.07) is 9.25. The van der Waals surface area contributed by atoms with Crippen LogP contribution in [0.3, 0.4) is 0 Å². The zero-order chi connectivity index (χ0) is 99.4. The molecule has 0 radical (unpaired) electrons. The molecule has 25 nitrogen and oxygen atoms in total. The number of hydrogen-bond acceptors (Lipinski definition) is 22. The van der Waals surface area contributed by atoms with Crippen molar-refractivity contribution in [3.05, 3.63) is 133 Å². The Balaban J connectivity index is 0.000000461. The number of unbranched alkanes of at least 4 members (excludes halogenated alkanes) is 36. The SMILES string of the molecule is CC(C)N(C(C)C)P(OCCC#N)OCCN1C(=O)c2ccccc2C1=O.CCCCC/C=C\C/C=C\CCCCCCCCC1(CCCCCCCC/C=C\C/C=C\CCCCC)O[C@H]2[C@H](O1)[C@@H](CO)O[C@H]2CO.CCCCC/C=C\C/C=C\CCCCCCCCC1(CCCCCCCC/C=C\C/C=C\CCCCC)O[C@H]2[C@H](O1)[C@@H](COP(=O)(O)OCCN)O[C@H]2COP(=O)(O)OCCN. The first kappa shape index (κ1) is 125. The summed E-state index contributed by atoms with van der Waals surface area (Å²) in [6.45, 7) is 16.7. The summed E-state index contributed by atoms with van der Waals surface area (Å²) in [7, 11) is -10.2. The standard InChI is InChI=1S/C47H88N2O11P2.C43H76O5.C19H26N3O4P/c1-3-5-7-9-11-13-15-17-19-21-23-25-27-29-31-33-35-47(36-34-32-30-28-26-24-22-20-18-16-14-12-10-8-6-4-2)59-45-43(41-56-61(50,51)54-39-37-48)58-44(46(45)60-47)42-57-62(52,53)55-40-38-49;1-3-5-7-9-11-13-15-17-19-21-23-25-27-29-31-33-35-43(47-41-39(37-44)46-40(38-45)42(41)48-43)36-34-32-30-28-26-24-22-20-18-16-14-12-10-8-6-4-2;1-14(2)22(15(3)4)27(25-12-7-10-20)26-13-11-21-18(23)16-8-5-6-9-17(16)19(21)24/h11-14,17-20,43-46H,3-10,15-16,21-42,48-49H2,1-2H3,(H,50,51)(H,52,53);11-14,17-20,39-42,44-45H,3-10,15-16,21-38H2,1-2H3;5-6,8-9,14-15H,7,11-13H2,1-4H3/b2*13-11-,14-12-,19-17-,20-18-;/t43-,44+,45-,46-;39-,40+,41-,42-;/m11./s1. The second-order valence-electron chi connectivity index (χ2n) is 37.7. The van der Waals surface area contributed by atoms with E-state index < -0.39 is 72.4 Å². The molecule has 0 spiro atoms. The molecule has 3 unspecified atom stereocenters. The Kier molecular flexibility index (Phi) is 73.3. The molecule has 1 aromatic carbocycles. The lowest BCUT2D eigenvalue weighted by atomic mass is 9.98. The first-order chi connectivity index (χ1) is 66.7. The molecule has 6 rings (SSSR count). The topological polar surface area (TPSA) is 342 Å². The number of ether oxygens (including phenoxy) is 6. The van der Waals surface area contributed by atoms with Crippen LogP contribution in [0.15, 0.2) is 121 Å². The van der Waals surface area contributed by atoms with Gasteiger partial charge in [0.15, 0.2) is 11.6 Å². The highest BCUT2D eigenvalue weighted by molar-refractivity contribution is 7.47. The summed E-state index contributed by atoms with van der Waals surface area (Å²) in [6.07, 6.45) is 93.1. The Hall–Kier alpha value is -4.10. The van der Waals surface area contributed by atoms with Crippen molar-refractivity contribution in [1.82, 2.24) is 9.57 Å². The molecule has 5 heterocycles. The largest absolute Gasteiger partial charge is 0.472 e. The number of benzene rings is 1. The number of imide groups is 1. The molecule has 11 atom stereocenters. The van der Waals surface area contributed by atoms with Crippen molar-refractivity contribution in [2.75, 3.05) is 72.5 Å². The van der Waals surface area contributed by atoms with Gasteiger partial charge in [0.25, 0.3) is 20.3 Å². The summed E-state index contributed by atoms with van der Waals surface area (Å²) < 4.78 is 98.2. The number of nitrogens with two attached hydrogens (primary N) is 2. The number of fused-ring (bicyclic) bond motifs is 3. The van der Waals surface area contributed by atoms with Crippen LogP contribution in [0.1, 0.15) is 416 Å². The van der Waals surface area contributed by atoms with Gasteiger partial charge < -0.3 is 68.9 Å². The maximum Gasteiger partial charge on any atom is 0.472 e. The van der Waals surface area contributed by atoms with E-state index in [2.05, 4.69) is 163 Å². The minimum Gasteiger partial charge on any atom is -0.394 e. The minimum absolute atomic E-state index is 0.0499. The van der Waals surface area contributed by atoms with Crippen molar-refractivity contribution >= 4 is 36.0 Å². The second kappa shape index (κ2) is 80.2. The highest BCUT2D eigenvalue weighted by Crippen LogP contribution is 2.51. The van der Waals surface area contributed by atoms with Crippen LogP contribution < -0.4 is 11.5 Å². The highest BCUT2D eigenvalue weighted by Gasteiger charge is 2.59. The maximum absolute atomic E-state index is 12.5. The van der Waals surface area contributed by atoms with Gasteiger partial charge in [-0.25, -0.2) is 13.8 Å². The van der Waals surface area contributed by atoms with Crippen molar-refractivity contribution in [1.29, 1.82) is 5.26 Å². The van der Waals surface area contributed by atoms with E-state index in [1.165, 1.54) is 223 Å². The van der Waals surface area contributed by atoms with Crippen LogP contribution in [0.25, 0.3) is 0 Å². The van der Waals surface area contributed by atoms with Gasteiger partial charge in [0.1, 0.15) is 48.8 Å². The molecule has 28 heteroatoms. The summed E-state index contributed by atoms with van der Waals surface area (Å²) in [4.78, 5) is 46.5. The number of aliphatic hydroxyl groups excluding tert-OH is 2.